The molecule has 0 saturated carbocycles. The molecule has 0 aromatic carbocycles. The lowest BCUT2D eigenvalue weighted by atomic mass is 10.1. The molecular weight excluding hydrogens is 250 g/mol. The first-order valence-corrected chi connectivity index (χ1v) is 6.76. The van der Waals surface area contributed by atoms with E-state index in [4.69, 9.17) is 0 Å². The SMILES string of the molecule is CCN(CCn1cccn1)c1nc(C)c(C)cc1C#N. The largest absolute Gasteiger partial charge is 0.354 e. The van der Waals surface area contributed by atoms with Gasteiger partial charge in [-0.3, -0.25) is 4.68 Å². The van der Waals surface area contributed by atoms with Gasteiger partial charge in [-0.2, -0.15) is 10.4 Å². The third-order valence-electron chi connectivity index (χ3n) is 3.41. The van der Waals surface area contributed by atoms with Crippen LogP contribution >= 0.6 is 0 Å². The zero-order valence-electron chi connectivity index (χ0n) is 12.2. The summed E-state index contributed by atoms with van der Waals surface area (Å²) in [5.41, 5.74) is 2.65. The average Bonchev–Trinajstić information content (AvgIpc) is 2.96. The molecule has 0 bridgehead atoms. The summed E-state index contributed by atoms with van der Waals surface area (Å²) >= 11 is 0. The second-order valence-corrected chi connectivity index (χ2v) is 4.72. The summed E-state index contributed by atoms with van der Waals surface area (Å²) in [5, 5.41) is 13.5. The Morgan fingerprint density at radius 3 is 2.80 bits per heavy atom. The highest BCUT2D eigenvalue weighted by atomic mass is 15.3. The quantitative estimate of drug-likeness (QED) is 0.835. The van der Waals surface area contributed by atoms with Crippen LogP contribution in [0.5, 0.6) is 0 Å². The molecular formula is C15H19N5. The highest BCUT2D eigenvalue weighted by Gasteiger charge is 2.13. The number of nitriles is 1. The molecule has 0 aliphatic heterocycles. The van der Waals surface area contributed by atoms with Gasteiger partial charge in [0.2, 0.25) is 0 Å². The Hall–Kier alpha value is -2.35. The third kappa shape index (κ3) is 2.97. The molecule has 0 N–H and O–H groups in total. The molecule has 0 spiro atoms. The molecule has 2 heterocycles. The molecule has 104 valence electrons. The maximum atomic E-state index is 9.30. The lowest BCUT2D eigenvalue weighted by molar-refractivity contribution is 0.597. The van der Waals surface area contributed by atoms with Gasteiger partial charge in [-0.25, -0.2) is 4.98 Å². The van der Waals surface area contributed by atoms with Gasteiger partial charge in [-0.1, -0.05) is 0 Å². The zero-order chi connectivity index (χ0) is 14.5. The Bertz CT molecular complexity index is 610. The van der Waals surface area contributed by atoms with Crippen molar-refractivity contribution in [1.29, 1.82) is 5.26 Å². The van der Waals surface area contributed by atoms with Crippen LogP contribution in [0, 0.1) is 25.2 Å². The van der Waals surface area contributed by atoms with E-state index in [0.29, 0.717) is 5.56 Å². The Kier molecular flexibility index (Phi) is 4.36. The second kappa shape index (κ2) is 6.20. The topological polar surface area (TPSA) is 57.7 Å². The first kappa shape index (κ1) is 14.1. The maximum absolute atomic E-state index is 9.30. The van der Waals surface area contributed by atoms with Crippen molar-refractivity contribution in [2.75, 3.05) is 18.0 Å². The van der Waals surface area contributed by atoms with Crippen LogP contribution in [-0.4, -0.2) is 27.9 Å². The Labute approximate surface area is 119 Å². The molecule has 2 aromatic heterocycles. The summed E-state index contributed by atoms with van der Waals surface area (Å²) in [7, 11) is 0. The Morgan fingerprint density at radius 1 is 1.40 bits per heavy atom. The summed E-state index contributed by atoms with van der Waals surface area (Å²) in [6, 6.07) is 6.06. The number of hydrogen-bond acceptors (Lipinski definition) is 4. The maximum Gasteiger partial charge on any atom is 0.146 e. The molecule has 0 unspecified atom stereocenters. The number of pyridine rings is 1. The smallest absolute Gasteiger partial charge is 0.146 e. The van der Waals surface area contributed by atoms with Crippen molar-refractivity contribution in [1.82, 2.24) is 14.8 Å². The molecule has 0 fully saturated rings. The number of likely N-dealkylation sites (N-methyl/N-ethyl adjacent to an activating group) is 1. The summed E-state index contributed by atoms with van der Waals surface area (Å²) < 4.78 is 1.88. The van der Waals surface area contributed by atoms with E-state index in [1.54, 1.807) is 6.20 Å². The van der Waals surface area contributed by atoms with Gasteiger partial charge >= 0.3 is 0 Å². The minimum absolute atomic E-state index is 0.635. The van der Waals surface area contributed by atoms with Gasteiger partial charge in [0.25, 0.3) is 0 Å². The molecule has 2 aromatic rings. The fourth-order valence-corrected chi connectivity index (χ4v) is 2.09. The first-order valence-electron chi connectivity index (χ1n) is 6.76. The fraction of sp³-hybridized carbons (Fsp3) is 0.400. The van der Waals surface area contributed by atoms with Crippen LogP contribution < -0.4 is 4.90 Å². The van der Waals surface area contributed by atoms with Crippen molar-refractivity contribution in [2.24, 2.45) is 0 Å². The first-order chi connectivity index (χ1) is 9.65. The highest BCUT2D eigenvalue weighted by molar-refractivity contribution is 5.55. The zero-order valence-corrected chi connectivity index (χ0v) is 12.2. The number of nitrogens with zero attached hydrogens (tertiary/aromatic N) is 5. The van der Waals surface area contributed by atoms with E-state index >= 15 is 0 Å². The molecule has 5 heteroatoms. The fourth-order valence-electron chi connectivity index (χ4n) is 2.09. The van der Waals surface area contributed by atoms with E-state index in [-0.39, 0.29) is 0 Å². The average molecular weight is 269 g/mol. The van der Waals surface area contributed by atoms with Crippen molar-refractivity contribution < 1.29 is 0 Å². The number of rotatable bonds is 5. The second-order valence-electron chi connectivity index (χ2n) is 4.72. The predicted octanol–water partition coefficient (Wildman–Crippen LogP) is 2.29. The molecule has 5 nitrogen and oxygen atoms in total. The van der Waals surface area contributed by atoms with Crippen molar-refractivity contribution in [3.63, 3.8) is 0 Å². The number of aryl methyl sites for hydroxylation is 2. The number of anilines is 1. The normalized spacial score (nSPS) is 10.3. The molecule has 0 saturated heterocycles. The van der Waals surface area contributed by atoms with Crippen LogP contribution in [0.15, 0.2) is 24.5 Å². The van der Waals surface area contributed by atoms with Crippen molar-refractivity contribution >= 4 is 5.82 Å². The van der Waals surface area contributed by atoms with E-state index in [1.807, 2.05) is 36.9 Å². The van der Waals surface area contributed by atoms with Crippen LogP contribution in [0.25, 0.3) is 0 Å². The third-order valence-corrected chi connectivity index (χ3v) is 3.41. The molecule has 0 atom stereocenters. The van der Waals surface area contributed by atoms with Crippen LogP contribution in [-0.2, 0) is 6.54 Å². The summed E-state index contributed by atoms with van der Waals surface area (Å²) in [5.74, 6) is 0.769. The van der Waals surface area contributed by atoms with Gasteiger partial charge in [0.15, 0.2) is 0 Å². The van der Waals surface area contributed by atoms with E-state index in [2.05, 4.69) is 28.0 Å². The van der Waals surface area contributed by atoms with Crippen LogP contribution in [0.2, 0.25) is 0 Å². The van der Waals surface area contributed by atoms with Gasteiger partial charge < -0.3 is 4.90 Å². The molecule has 20 heavy (non-hydrogen) atoms. The van der Waals surface area contributed by atoms with Gasteiger partial charge in [0.05, 0.1) is 12.1 Å². The van der Waals surface area contributed by atoms with E-state index in [9.17, 15) is 5.26 Å². The summed E-state index contributed by atoms with van der Waals surface area (Å²) in [6.45, 7) is 8.39. The minimum Gasteiger partial charge on any atom is -0.354 e. The lowest BCUT2D eigenvalue weighted by Gasteiger charge is -2.23. The predicted molar refractivity (Wildman–Crippen MR) is 78.5 cm³/mol. The standard InChI is InChI=1S/C15H19N5/c1-4-19(8-9-20-7-5-6-17-20)15-14(11-16)10-12(2)13(3)18-15/h5-7,10H,4,8-9H2,1-3H3. The van der Waals surface area contributed by atoms with Gasteiger partial charge in [0.1, 0.15) is 11.9 Å². The van der Waals surface area contributed by atoms with Gasteiger partial charge in [-0.05, 0) is 38.5 Å². The van der Waals surface area contributed by atoms with Crippen LogP contribution in [0.4, 0.5) is 5.82 Å². The monoisotopic (exact) mass is 269 g/mol. The molecule has 0 radical (unpaired) electrons. The van der Waals surface area contributed by atoms with E-state index in [1.165, 1.54) is 0 Å². The molecule has 2 rings (SSSR count). The van der Waals surface area contributed by atoms with Crippen molar-refractivity contribution in [3.8, 4) is 6.07 Å². The number of aromatic nitrogens is 3. The lowest BCUT2D eigenvalue weighted by Crippen LogP contribution is -2.29. The van der Waals surface area contributed by atoms with Gasteiger partial charge in [0, 0.05) is 31.2 Å². The summed E-state index contributed by atoms with van der Waals surface area (Å²) in [6.07, 6.45) is 3.71. The Balaban J connectivity index is 2.22. The van der Waals surface area contributed by atoms with Crippen LogP contribution in [0.3, 0.4) is 0 Å². The number of hydrogen-bond donors (Lipinski definition) is 0. The van der Waals surface area contributed by atoms with Crippen molar-refractivity contribution in [3.05, 3.63) is 41.3 Å². The van der Waals surface area contributed by atoms with Crippen LogP contribution in [0.1, 0.15) is 23.7 Å². The molecule has 0 aliphatic rings. The Morgan fingerprint density at radius 2 is 2.20 bits per heavy atom. The van der Waals surface area contributed by atoms with Crippen molar-refractivity contribution in [2.45, 2.75) is 27.3 Å². The molecule has 0 amide bonds. The van der Waals surface area contributed by atoms with Gasteiger partial charge in [-0.15, -0.1) is 0 Å². The highest BCUT2D eigenvalue weighted by Crippen LogP contribution is 2.20. The minimum atomic E-state index is 0.635. The summed E-state index contributed by atoms with van der Waals surface area (Å²) in [4.78, 5) is 6.71. The van der Waals surface area contributed by atoms with E-state index < -0.39 is 0 Å². The van der Waals surface area contributed by atoms with E-state index in [0.717, 1.165) is 36.7 Å². The molecule has 0 aliphatic carbocycles.